The van der Waals surface area contributed by atoms with E-state index in [1.807, 2.05) is 0 Å². The molecule has 0 spiro atoms. The predicted octanol–water partition coefficient (Wildman–Crippen LogP) is 2.94. The minimum atomic E-state index is -0.148. The van der Waals surface area contributed by atoms with Crippen molar-refractivity contribution in [3.05, 3.63) is 0 Å². The number of carbonyl (C=O) groups excluding carboxylic acids is 1. The molecule has 23 heavy (non-hydrogen) atoms. The smallest absolute Gasteiger partial charge is 0.223 e. The van der Waals surface area contributed by atoms with Crippen molar-refractivity contribution in [2.75, 3.05) is 13.1 Å². The number of aliphatic hydroxyl groups excluding tert-OH is 1. The standard InChI is InChI=1S/C19H36N2O2/c1-4-7-16(14(2)3)19(23)20-15-10-12-21(13-11-15)17-8-5-6-9-18(17)22/h14-18,22H,4-13H2,1-3H3,(H,20,23). The molecule has 0 aromatic heterocycles. The molecule has 134 valence electrons. The van der Waals surface area contributed by atoms with Crippen LogP contribution < -0.4 is 5.32 Å². The second-order valence-corrected chi connectivity index (χ2v) is 7.88. The molecule has 0 aromatic carbocycles. The van der Waals surface area contributed by atoms with Gasteiger partial charge >= 0.3 is 0 Å². The van der Waals surface area contributed by atoms with Crippen LogP contribution in [0.1, 0.15) is 72.1 Å². The average molecular weight is 325 g/mol. The monoisotopic (exact) mass is 324 g/mol. The van der Waals surface area contributed by atoms with E-state index in [1.165, 1.54) is 6.42 Å². The van der Waals surface area contributed by atoms with Crippen LogP contribution in [0.2, 0.25) is 0 Å². The Balaban J connectivity index is 1.78. The summed E-state index contributed by atoms with van der Waals surface area (Å²) in [7, 11) is 0. The molecule has 1 saturated heterocycles. The van der Waals surface area contributed by atoms with Crippen LogP contribution in [0.3, 0.4) is 0 Å². The number of nitrogens with one attached hydrogen (secondary N) is 1. The largest absolute Gasteiger partial charge is 0.391 e. The third-order valence-corrected chi connectivity index (χ3v) is 5.78. The van der Waals surface area contributed by atoms with E-state index in [2.05, 4.69) is 31.0 Å². The zero-order valence-electron chi connectivity index (χ0n) is 15.3. The molecule has 0 bridgehead atoms. The predicted molar refractivity (Wildman–Crippen MR) is 94.2 cm³/mol. The summed E-state index contributed by atoms with van der Waals surface area (Å²) in [5.41, 5.74) is 0. The molecule has 1 aliphatic heterocycles. The van der Waals surface area contributed by atoms with Gasteiger partial charge in [-0.3, -0.25) is 9.69 Å². The third kappa shape index (κ3) is 5.18. The van der Waals surface area contributed by atoms with E-state index in [-0.39, 0.29) is 17.9 Å². The minimum absolute atomic E-state index is 0.148. The summed E-state index contributed by atoms with van der Waals surface area (Å²) >= 11 is 0. The first kappa shape index (κ1) is 18.7. The van der Waals surface area contributed by atoms with Gasteiger partial charge in [0.2, 0.25) is 5.91 Å². The lowest BCUT2D eigenvalue weighted by Gasteiger charge is -2.41. The number of amides is 1. The molecule has 0 aromatic rings. The lowest BCUT2D eigenvalue weighted by atomic mass is 9.88. The molecule has 2 aliphatic rings. The van der Waals surface area contributed by atoms with Crippen LogP contribution in [0.4, 0.5) is 0 Å². The van der Waals surface area contributed by atoms with Crippen molar-refractivity contribution >= 4 is 5.91 Å². The van der Waals surface area contributed by atoms with Crippen molar-refractivity contribution < 1.29 is 9.90 Å². The van der Waals surface area contributed by atoms with Crippen LogP contribution in [0, 0.1) is 11.8 Å². The molecule has 2 fully saturated rings. The molecule has 2 N–H and O–H groups in total. The summed E-state index contributed by atoms with van der Waals surface area (Å²) in [5, 5.41) is 13.5. The summed E-state index contributed by atoms with van der Waals surface area (Å²) in [4.78, 5) is 15.0. The number of hydrogen-bond acceptors (Lipinski definition) is 3. The Labute approximate surface area is 142 Å². The van der Waals surface area contributed by atoms with Crippen LogP contribution in [0.15, 0.2) is 0 Å². The third-order valence-electron chi connectivity index (χ3n) is 5.78. The Morgan fingerprint density at radius 1 is 1.17 bits per heavy atom. The molecule has 3 unspecified atom stereocenters. The average Bonchev–Trinajstić information content (AvgIpc) is 2.53. The molecule has 4 heteroatoms. The SMILES string of the molecule is CCCC(C(=O)NC1CCN(C2CCCCC2O)CC1)C(C)C. The first-order valence-electron chi connectivity index (χ1n) is 9.75. The highest BCUT2D eigenvalue weighted by molar-refractivity contribution is 5.79. The Morgan fingerprint density at radius 3 is 2.39 bits per heavy atom. The van der Waals surface area contributed by atoms with Gasteiger partial charge in [-0.1, -0.05) is 40.0 Å². The van der Waals surface area contributed by atoms with Gasteiger partial charge in [0.1, 0.15) is 0 Å². The fraction of sp³-hybridized carbons (Fsp3) is 0.947. The van der Waals surface area contributed by atoms with E-state index in [1.54, 1.807) is 0 Å². The number of carbonyl (C=O) groups is 1. The van der Waals surface area contributed by atoms with Crippen LogP contribution in [-0.2, 0) is 4.79 Å². The van der Waals surface area contributed by atoms with Crippen LogP contribution >= 0.6 is 0 Å². The molecule has 4 nitrogen and oxygen atoms in total. The van der Waals surface area contributed by atoms with Crippen molar-refractivity contribution in [2.24, 2.45) is 11.8 Å². The summed E-state index contributed by atoms with van der Waals surface area (Å²) in [6.45, 7) is 8.45. The molecule has 2 rings (SSSR count). The van der Waals surface area contributed by atoms with Crippen LogP contribution in [0.25, 0.3) is 0 Å². The van der Waals surface area contributed by atoms with Gasteiger partial charge in [0.05, 0.1) is 6.10 Å². The number of rotatable bonds is 6. The first-order chi connectivity index (χ1) is 11.0. The van der Waals surface area contributed by atoms with E-state index in [9.17, 15) is 9.90 Å². The zero-order valence-corrected chi connectivity index (χ0v) is 15.3. The normalized spacial score (nSPS) is 28.7. The maximum Gasteiger partial charge on any atom is 0.223 e. The van der Waals surface area contributed by atoms with Gasteiger partial charge in [-0.05, 0) is 38.0 Å². The maximum atomic E-state index is 12.5. The van der Waals surface area contributed by atoms with Gasteiger partial charge in [0.15, 0.2) is 0 Å². The highest BCUT2D eigenvalue weighted by Crippen LogP contribution is 2.26. The molecule has 1 heterocycles. The number of piperidine rings is 1. The van der Waals surface area contributed by atoms with Crippen molar-refractivity contribution in [1.29, 1.82) is 0 Å². The van der Waals surface area contributed by atoms with Crippen molar-refractivity contribution in [3.63, 3.8) is 0 Å². The van der Waals surface area contributed by atoms with Crippen LogP contribution in [0.5, 0.6) is 0 Å². The Bertz CT molecular complexity index is 364. The number of aliphatic hydroxyl groups is 1. The molecular weight excluding hydrogens is 288 g/mol. The van der Waals surface area contributed by atoms with Crippen molar-refractivity contribution in [3.8, 4) is 0 Å². The summed E-state index contributed by atoms with van der Waals surface area (Å²) < 4.78 is 0. The lowest BCUT2D eigenvalue weighted by Crippen LogP contribution is -2.52. The van der Waals surface area contributed by atoms with Gasteiger partial charge < -0.3 is 10.4 Å². The first-order valence-corrected chi connectivity index (χ1v) is 9.75. The second kappa shape index (κ2) is 9.03. The molecule has 1 aliphatic carbocycles. The van der Waals surface area contributed by atoms with E-state index in [0.717, 1.165) is 58.0 Å². The van der Waals surface area contributed by atoms with Gasteiger partial charge in [0, 0.05) is 31.1 Å². The Morgan fingerprint density at radius 2 is 1.83 bits per heavy atom. The summed E-state index contributed by atoms with van der Waals surface area (Å²) in [6.07, 6.45) is 8.43. The number of likely N-dealkylation sites (tertiary alicyclic amines) is 1. The van der Waals surface area contributed by atoms with E-state index in [0.29, 0.717) is 18.0 Å². The number of hydrogen-bond donors (Lipinski definition) is 2. The second-order valence-electron chi connectivity index (χ2n) is 7.88. The van der Waals surface area contributed by atoms with Crippen molar-refractivity contribution in [2.45, 2.75) is 90.3 Å². The quantitative estimate of drug-likeness (QED) is 0.790. The van der Waals surface area contributed by atoms with Gasteiger partial charge in [-0.25, -0.2) is 0 Å². The molecule has 1 saturated carbocycles. The molecule has 0 radical (unpaired) electrons. The molecule has 1 amide bonds. The minimum Gasteiger partial charge on any atom is -0.391 e. The summed E-state index contributed by atoms with van der Waals surface area (Å²) in [5.74, 6) is 0.809. The maximum absolute atomic E-state index is 12.5. The summed E-state index contributed by atoms with van der Waals surface area (Å²) in [6, 6.07) is 0.668. The highest BCUT2D eigenvalue weighted by Gasteiger charge is 2.32. The molecular formula is C19H36N2O2. The topological polar surface area (TPSA) is 52.6 Å². The van der Waals surface area contributed by atoms with Gasteiger partial charge in [-0.2, -0.15) is 0 Å². The number of nitrogens with zero attached hydrogens (tertiary/aromatic N) is 1. The van der Waals surface area contributed by atoms with Gasteiger partial charge in [-0.15, -0.1) is 0 Å². The fourth-order valence-electron chi connectivity index (χ4n) is 4.28. The Hall–Kier alpha value is -0.610. The zero-order chi connectivity index (χ0) is 16.8. The lowest BCUT2D eigenvalue weighted by molar-refractivity contribution is -0.127. The fourth-order valence-corrected chi connectivity index (χ4v) is 4.28. The van der Waals surface area contributed by atoms with Gasteiger partial charge in [0.25, 0.3) is 0 Å². The highest BCUT2D eigenvalue weighted by atomic mass is 16.3. The van der Waals surface area contributed by atoms with E-state index in [4.69, 9.17) is 0 Å². The molecule has 3 atom stereocenters. The van der Waals surface area contributed by atoms with Crippen LogP contribution in [-0.4, -0.2) is 47.2 Å². The van der Waals surface area contributed by atoms with E-state index < -0.39 is 0 Å². The Kier molecular flexibility index (Phi) is 7.35. The van der Waals surface area contributed by atoms with E-state index >= 15 is 0 Å². The van der Waals surface area contributed by atoms with Crippen molar-refractivity contribution in [1.82, 2.24) is 10.2 Å².